The number of nitrogens with zero attached hydrogens (tertiary/aromatic N) is 3. The van der Waals surface area contributed by atoms with E-state index in [0.717, 1.165) is 37.7 Å². The molecule has 0 unspecified atom stereocenters. The van der Waals surface area contributed by atoms with Crippen molar-refractivity contribution < 1.29 is 14.5 Å². The number of non-ortho nitro benzene ring substituents is 1. The van der Waals surface area contributed by atoms with E-state index in [2.05, 4.69) is 18.7 Å². The first kappa shape index (κ1) is 19.1. The molecule has 0 spiro atoms. The van der Waals surface area contributed by atoms with Gasteiger partial charge in [0.2, 0.25) is 0 Å². The van der Waals surface area contributed by atoms with Gasteiger partial charge in [-0.3, -0.25) is 29.5 Å². The summed E-state index contributed by atoms with van der Waals surface area (Å²) in [5.74, 6) is -0.314. The lowest BCUT2D eigenvalue weighted by molar-refractivity contribution is -0.384. The SMILES string of the molecule is CCCN(CCC)CN1C(=O)S/C(=C/c2ccc([N+](=O)[O-])cc2)C1=O. The van der Waals surface area contributed by atoms with Crippen molar-refractivity contribution in [1.29, 1.82) is 0 Å². The molecule has 7 nitrogen and oxygen atoms in total. The maximum Gasteiger partial charge on any atom is 0.294 e. The molecule has 0 N–H and O–H groups in total. The van der Waals surface area contributed by atoms with E-state index in [0.29, 0.717) is 17.1 Å². The molecule has 1 aliphatic rings. The van der Waals surface area contributed by atoms with Gasteiger partial charge in [0.1, 0.15) is 0 Å². The van der Waals surface area contributed by atoms with Crippen molar-refractivity contribution in [3.63, 3.8) is 0 Å². The Morgan fingerprint density at radius 2 is 1.76 bits per heavy atom. The zero-order valence-corrected chi connectivity index (χ0v) is 15.1. The van der Waals surface area contributed by atoms with E-state index in [-0.39, 0.29) is 16.8 Å². The second-order valence-corrected chi connectivity index (χ2v) is 6.71. The summed E-state index contributed by atoms with van der Waals surface area (Å²) in [4.78, 5) is 38.6. The van der Waals surface area contributed by atoms with Crippen LogP contribution in [-0.2, 0) is 4.79 Å². The van der Waals surface area contributed by atoms with E-state index in [1.807, 2.05) is 0 Å². The van der Waals surface area contributed by atoms with Gasteiger partial charge in [-0.25, -0.2) is 0 Å². The Labute approximate surface area is 150 Å². The lowest BCUT2D eigenvalue weighted by Crippen LogP contribution is -2.41. The molecule has 0 aliphatic carbocycles. The van der Waals surface area contributed by atoms with Crippen LogP contribution in [0.25, 0.3) is 6.08 Å². The first-order chi connectivity index (χ1) is 12.0. The van der Waals surface area contributed by atoms with Crippen LogP contribution in [0.4, 0.5) is 10.5 Å². The molecule has 0 bridgehead atoms. The average molecular weight is 363 g/mol. The van der Waals surface area contributed by atoms with Crippen molar-refractivity contribution in [3.05, 3.63) is 44.8 Å². The van der Waals surface area contributed by atoms with Gasteiger partial charge in [-0.2, -0.15) is 0 Å². The topological polar surface area (TPSA) is 83.8 Å². The molecule has 1 aromatic rings. The Hall–Kier alpha value is -2.19. The number of thioether (sulfide) groups is 1. The molecule has 0 aromatic heterocycles. The fourth-order valence-corrected chi connectivity index (χ4v) is 3.38. The monoisotopic (exact) mass is 363 g/mol. The van der Waals surface area contributed by atoms with Gasteiger partial charge in [-0.1, -0.05) is 13.8 Å². The fraction of sp³-hybridized carbons (Fsp3) is 0.412. The summed E-state index contributed by atoms with van der Waals surface area (Å²) >= 11 is 0.903. The van der Waals surface area contributed by atoms with Gasteiger partial charge in [0.15, 0.2) is 0 Å². The number of amides is 2. The van der Waals surface area contributed by atoms with Crippen LogP contribution in [-0.4, -0.2) is 45.6 Å². The molecule has 0 atom stereocenters. The number of carbonyl (C=O) groups is 2. The lowest BCUT2D eigenvalue weighted by Gasteiger charge is -2.25. The third kappa shape index (κ3) is 4.90. The maximum absolute atomic E-state index is 12.5. The Morgan fingerprint density at radius 1 is 1.16 bits per heavy atom. The molecule has 134 valence electrons. The molecule has 1 aliphatic heterocycles. The maximum atomic E-state index is 12.5. The average Bonchev–Trinajstić information content (AvgIpc) is 2.83. The summed E-state index contributed by atoms with van der Waals surface area (Å²) < 4.78 is 0. The lowest BCUT2D eigenvalue weighted by atomic mass is 10.2. The number of nitro groups is 1. The summed E-state index contributed by atoms with van der Waals surface area (Å²) in [7, 11) is 0. The number of nitro benzene ring substituents is 1. The minimum absolute atomic E-state index is 0.0139. The van der Waals surface area contributed by atoms with Crippen LogP contribution in [0.15, 0.2) is 29.2 Å². The van der Waals surface area contributed by atoms with Crippen molar-refractivity contribution >= 4 is 34.7 Å². The zero-order chi connectivity index (χ0) is 18.4. The predicted molar refractivity (Wildman–Crippen MR) is 97.9 cm³/mol. The van der Waals surface area contributed by atoms with Crippen molar-refractivity contribution in [2.45, 2.75) is 26.7 Å². The van der Waals surface area contributed by atoms with Crippen molar-refractivity contribution in [1.82, 2.24) is 9.80 Å². The summed E-state index contributed by atoms with van der Waals surface area (Å²) in [6.07, 6.45) is 3.50. The van der Waals surface area contributed by atoms with Crippen molar-refractivity contribution in [2.75, 3.05) is 19.8 Å². The second kappa shape index (κ2) is 8.77. The van der Waals surface area contributed by atoms with Crippen LogP contribution in [0, 0.1) is 10.1 Å². The molecule has 25 heavy (non-hydrogen) atoms. The second-order valence-electron chi connectivity index (χ2n) is 5.72. The van der Waals surface area contributed by atoms with Gasteiger partial charge in [0, 0.05) is 12.1 Å². The van der Waals surface area contributed by atoms with Gasteiger partial charge >= 0.3 is 0 Å². The molecular formula is C17H21N3O4S. The van der Waals surface area contributed by atoms with Crippen LogP contribution >= 0.6 is 11.8 Å². The molecule has 1 saturated heterocycles. The van der Waals surface area contributed by atoms with Gasteiger partial charge < -0.3 is 0 Å². The van der Waals surface area contributed by atoms with Crippen LogP contribution < -0.4 is 0 Å². The highest BCUT2D eigenvalue weighted by molar-refractivity contribution is 8.18. The highest BCUT2D eigenvalue weighted by atomic mass is 32.2. The van der Waals surface area contributed by atoms with E-state index < -0.39 is 4.92 Å². The number of carbonyl (C=O) groups excluding carboxylic acids is 2. The first-order valence-corrected chi connectivity index (χ1v) is 9.00. The highest BCUT2D eigenvalue weighted by Crippen LogP contribution is 2.32. The number of hydrogen-bond donors (Lipinski definition) is 0. The normalized spacial score (nSPS) is 16.3. The standard InChI is InChI=1S/C17H21N3O4S/c1-3-9-18(10-4-2)12-19-16(21)15(25-17(19)22)11-13-5-7-14(8-6-13)20(23)24/h5-8,11H,3-4,9-10,12H2,1-2H3/b15-11+. The molecule has 0 saturated carbocycles. The smallest absolute Gasteiger partial charge is 0.286 e. The third-order valence-electron chi connectivity index (χ3n) is 3.70. The van der Waals surface area contributed by atoms with Crippen LogP contribution in [0.5, 0.6) is 0 Å². The predicted octanol–water partition coefficient (Wildman–Crippen LogP) is 3.71. The molecule has 8 heteroatoms. The van der Waals surface area contributed by atoms with Crippen LogP contribution in [0.1, 0.15) is 32.3 Å². The molecule has 2 amide bonds. The largest absolute Gasteiger partial charge is 0.294 e. The Balaban J connectivity index is 2.12. The third-order valence-corrected chi connectivity index (χ3v) is 4.60. The highest BCUT2D eigenvalue weighted by Gasteiger charge is 2.35. The number of benzene rings is 1. The number of imide groups is 1. The molecule has 0 radical (unpaired) electrons. The van der Waals surface area contributed by atoms with Crippen LogP contribution in [0.3, 0.4) is 0 Å². The summed E-state index contributed by atoms with van der Waals surface area (Å²) in [6, 6.07) is 5.87. The summed E-state index contributed by atoms with van der Waals surface area (Å²) in [6.45, 7) is 6.08. The molecule has 1 heterocycles. The Morgan fingerprint density at radius 3 is 2.28 bits per heavy atom. The van der Waals surface area contributed by atoms with E-state index in [1.165, 1.54) is 17.0 Å². The first-order valence-electron chi connectivity index (χ1n) is 8.18. The van der Waals surface area contributed by atoms with Gasteiger partial charge in [0.05, 0.1) is 16.5 Å². The van der Waals surface area contributed by atoms with Crippen molar-refractivity contribution in [3.8, 4) is 0 Å². The molecule has 2 rings (SSSR count). The number of hydrogen-bond acceptors (Lipinski definition) is 6. The molecule has 1 aromatic carbocycles. The minimum atomic E-state index is -0.478. The molecule has 1 fully saturated rings. The summed E-state index contributed by atoms with van der Waals surface area (Å²) in [5.41, 5.74) is 0.634. The van der Waals surface area contributed by atoms with E-state index >= 15 is 0 Å². The Bertz CT molecular complexity index is 682. The van der Waals surface area contributed by atoms with Crippen LogP contribution in [0.2, 0.25) is 0 Å². The molecular weight excluding hydrogens is 342 g/mol. The van der Waals surface area contributed by atoms with E-state index in [1.54, 1.807) is 18.2 Å². The minimum Gasteiger partial charge on any atom is -0.286 e. The van der Waals surface area contributed by atoms with Gasteiger partial charge in [-0.15, -0.1) is 0 Å². The quantitative estimate of drug-likeness (QED) is 0.398. The Kier molecular flexibility index (Phi) is 6.72. The zero-order valence-electron chi connectivity index (χ0n) is 14.3. The number of rotatable bonds is 8. The van der Waals surface area contributed by atoms with Gasteiger partial charge in [0.25, 0.3) is 16.8 Å². The summed E-state index contributed by atoms with van der Waals surface area (Å²) in [5, 5.41) is 10.4. The van der Waals surface area contributed by atoms with E-state index in [4.69, 9.17) is 0 Å². The van der Waals surface area contributed by atoms with Crippen molar-refractivity contribution in [2.24, 2.45) is 0 Å². The van der Waals surface area contributed by atoms with Gasteiger partial charge in [-0.05, 0) is 61.5 Å². The fourth-order valence-electron chi connectivity index (χ4n) is 2.55. The van der Waals surface area contributed by atoms with E-state index in [9.17, 15) is 19.7 Å².